The number of methoxy groups -OCH3 is 1. The number of hydrogen-bond acceptors (Lipinski definition) is 6. The molecule has 4 rings (SSSR count). The Kier molecular flexibility index (Phi) is 4.96. The standard InChI is InChI=1S/C17H15Cl2N3O2S2/c1-24-10-2-3-12-13(8-10)25-17(20-12)22-6-4-21(5-7-22)16(23)11-9-14(18)26-15(11)19/h2-3,8-9H,4-7H2,1H3. The molecule has 5 nitrogen and oxygen atoms in total. The minimum Gasteiger partial charge on any atom is -0.497 e. The average Bonchev–Trinajstić information content (AvgIpc) is 3.23. The van der Waals surface area contributed by atoms with Crippen LogP contribution < -0.4 is 9.64 Å². The Balaban J connectivity index is 1.46. The number of fused-ring (bicyclic) bond motifs is 1. The maximum atomic E-state index is 12.6. The summed E-state index contributed by atoms with van der Waals surface area (Å²) in [5.41, 5.74) is 1.45. The Morgan fingerprint density at radius 1 is 1.15 bits per heavy atom. The molecule has 1 aliphatic rings. The van der Waals surface area contributed by atoms with Crippen LogP contribution in [0, 0.1) is 0 Å². The van der Waals surface area contributed by atoms with Gasteiger partial charge in [0.15, 0.2) is 5.13 Å². The summed E-state index contributed by atoms with van der Waals surface area (Å²) in [5, 5.41) is 0.969. The highest BCUT2D eigenvalue weighted by molar-refractivity contribution is 7.22. The first-order valence-corrected chi connectivity index (χ1v) is 10.4. The van der Waals surface area contributed by atoms with Crippen LogP contribution in [0.2, 0.25) is 8.67 Å². The van der Waals surface area contributed by atoms with Crippen molar-refractivity contribution in [2.45, 2.75) is 0 Å². The van der Waals surface area contributed by atoms with Gasteiger partial charge in [-0.2, -0.15) is 0 Å². The third kappa shape index (κ3) is 3.36. The first-order chi connectivity index (χ1) is 12.5. The molecule has 136 valence electrons. The average molecular weight is 428 g/mol. The Morgan fingerprint density at radius 2 is 1.92 bits per heavy atom. The summed E-state index contributed by atoms with van der Waals surface area (Å²) in [6.07, 6.45) is 0. The molecule has 0 unspecified atom stereocenters. The highest BCUT2D eigenvalue weighted by atomic mass is 35.5. The molecule has 2 aromatic heterocycles. The van der Waals surface area contributed by atoms with Gasteiger partial charge in [-0.15, -0.1) is 11.3 Å². The van der Waals surface area contributed by atoms with Crippen LogP contribution in [-0.4, -0.2) is 49.1 Å². The second-order valence-corrected chi connectivity index (χ2v) is 9.14. The van der Waals surface area contributed by atoms with Crippen molar-refractivity contribution in [3.05, 3.63) is 38.5 Å². The molecule has 1 saturated heterocycles. The van der Waals surface area contributed by atoms with Crippen LogP contribution in [-0.2, 0) is 0 Å². The molecule has 3 heterocycles. The molecule has 0 spiro atoms. The Bertz CT molecular complexity index is 964. The normalized spacial score (nSPS) is 14.9. The fourth-order valence-electron chi connectivity index (χ4n) is 2.91. The van der Waals surface area contributed by atoms with Crippen LogP contribution in [0.25, 0.3) is 10.2 Å². The third-order valence-electron chi connectivity index (χ3n) is 4.31. The van der Waals surface area contributed by atoms with Crippen molar-refractivity contribution in [2.24, 2.45) is 0 Å². The number of piperazine rings is 1. The van der Waals surface area contributed by atoms with E-state index in [-0.39, 0.29) is 5.91 Å². The highest BCUT2D eigenvalue weighted by Gasteiger charge is 2.26. The van der Waals surface area contributed by atoms with Crippen molar-refractivity contribution in [1.82, 2.24) is 9.88 Å². The summed E-state index contributed by atoms with van der Waals surface area (Å²) >= 11 is 14.9. The molecular formula is C17H15Cl2N3O2S2. The molecule has 0 N–H and O–H groups in total. The number of ether oxygens (including phenoxy) is 1. The number of thiazole rings is 1. The summed E-state index contributed by atoms with van der Waals surface area (Å²) in [6, 6.07) is 7.53. The Hall–Kier alpha value is -1.54. The van der Waals surface area contributed by atoms with E-state index in [1.165, 1.54) is 11.3 Å². The van der Waals surface area contributed by atoms with E-state index in [1.54, 1.807) is 24.5 Å². The summed E-state index contributed by atoms with van der Waals surface area (Å²) in [5.74, 6) is 0.765. The van der Waals surface area contributed by atoms with Gasteiger partial charge < -0.3 is 14.5 Å². The summed E-state index contributed by atoms with van der Waals surface area (Å²) in [7, 11) is 1.66. The smallest absolute Gasteiger partial charge is 0.256 e. The SMILES string of the molecule is COc1ccc2nc(N3CCN(C(=O)c4cc(Cl)sc4Cl)CC3)sc2c1. The number of carbonyl (C=O) groups is 1. The Morgan fingerprint density at radius 3 is 2.58 bits per heavy atom. The zero-order chi connectivity index (χ0) is 18.3. The fraction of sp³-hybridized carbons (Fsp3) is 0.294. The zero-order valence-electron chi connectivity index (χ0n) is 13.9. The molecular weight excluding hydrogens is 413 g/mol. The molecule has 0 aliphatic carbocycles. The van der Waals surface area contributed by atoms with Crippen molar-refractivity contribution in [3.8, 4) is 5.75 Å². The van der Waals surface area contributed by atoms with Crippen molar-refractivity contribution in [2.75, 3.05) is 38.2 Å². The lowest BCUT2D eigenvalue weighted by Crippen LogP contribution is -2.48. The maximum Gasteiger partial charge on any atom is 0.256 e. The zero-order valence-corrected chi connectivity index (χ0v) is 17.0. The number of halogens is 2. The predicted octanol–water partition coefficient (Wildman–Crippen LogP) is 4.64. The van der Waals surface area contributed by atoms with Gasteiger partial charge in [-0.1, -0.05) is 34.5 Å². The van der Waals surface area contributed by atoms with Crippen LogP contribution in [0.4, 0.5) is 5.13 Å². The van der Waals surface area contributed by atoms with E-state index in [1.807, 2.05) is 23.1 Å². The lowest BCUT2D eigenvalue weighted by molar-refractivity contribution is 0.0747. The number of anilines is 1. The van der Waals surface area contributed by atoms with E-state index < -0.39 is 0 Å². The third-order valence-corrected chi connectivity index (χ3v) is 6.88. The number of rotatable bonds is 3. The van der Waals surface area contributed by atoms with E-state index in [4.69, 9.17) is 32.9 Å². The lowest BCUT2D eigenvalue weighted by Gasteiger charge is -2.34. The van der Waals surface area contributed by atoms with Gasteiger partial charge in [-0.25, -0.2) is 4.98 Å². The minimum absolute atomic E-state index is 0.0631. The number of benzene rings is 1. The van der Waals surface area contributed by atoms with Gasteiger partial charge >= 0.3 is 0 Å². The van der Waals surface area contributed by atoms with Crippen molar-refractivity contribution >= 4 is 67.1 Å². The van der Waals surface area contributed by atoms with E-state index in [0.29, 0.717) is 27.3 Å². The molecule has 0 atom stereocenters. The maximum absolute atomic E-state index is 12.6. The summed E-state index contributed by atoms with van der Waals surface area (Å²) in [4.78, 5) is 21.4. The van der Waals surface area contributed by atoms with Gasteiger partial charge in [0.25, 0.3) is 5.91 Å². The van der Waals surface area contributed by atoms with E-state index in [9.17, 15) is 4.79 Å². The molecule has 1 fully saturated rings. The number of aromatic nitrogens is 1. The van der Waals surface area contributed by atoms with E-state index in [2.05, 4.69) is 4.90 Å². The van der Waals surface area contributed by atoms with Gasteiger partial charge in [0.2, 0.25) is 0 Å². The quantitative estimate of drug-likeness (QED) is 0.610. The number of carbonyl (C=O) groups excluding carboxylic acids is 1. The second kappa shape index (κ2) is 7.23. The topological polar surface area (TPSA) is 45.7 Å². The Labute approximate surface area is 168 Å². The molecule has 0 saturated carbocycles. The van der Waals surface area contributed by atoms with Crippen molar-refractivity contribution in [3.63, 3.8) is 0 Å². The fourth-order valence-corrected chi connectivity index (χ4v) is 5.41. The van der Waals surface area contributed by atoms with Crippen molar-refractivity contribution in [1.29, 1.82) is 0 Å². The largest absolute Gasteiger partial charge is 0.497 e. The van der Waals surface area contributed by atoms with Gasteiger partial charge in [0.05, 0.1) is 27.2 Å². The highest BCUT2D eigenvalue weighted by Crippen LogP contribution is 2.34. The molecule has 0 radical (unpaired) electrons. The first-order valence-electron chi connectivity index (χ1n) is 7.99. The second-order valence-electron chi connectivity index (χ2n) is 5.85. The van der Waals surface area contributed by atoms with Crippen LogP contribution >= 0.6 is 45.9 Å². The molecule has 26 heavy (non-hydrogen) atoms. The van der Waals surface area contributed by atoms with Crippen LogP contribution in [0.5, 0.6) is 5.75 Å². The van der Waals surface area contributed by atoms with Gasteiger partial charge in [-0.3, -0.25) is 4.79 Å². The minimum atomic E-state index is -0.0631. The van der Waals surface area contributed by atoms with Gasteiger partial charge in [0.1, 0.15) is 10.1 Å². The monoisotopic (exact) mass is 427 g/mol. The van der Waals surface area contributed by atoms with Crippen LogP contribution in [0.1, 0.15) is 10.4 Å². The molecule has 1 aromatic carbocycles. The van der Waals surface area contributed by atoms with E-state index in [0.717, 1.165) is 34.2 Å². The number of amides is 1. The number of thiophene rings is 1. The lowest BCUT2D eigenvalue weighted by atomic mass is 10.2. The molecule has 1 amide bonds. The van der Waals surface area contributed by atoms with Gasteiger partial charge in [0, 0.05) is 26.2 Å². The van der Waals surface area contributed by atoms with Crippen LogP contribution in [0.15, 0.2) is 24.3 Å². The molecule has 0 bridgehead atoms. The van der Waals surface area contributed by atoms with E-state index >= 15 is 0 Å². The number of nitrogens with zero attached hydrogens (tertiary/aromatic N) is 3. The molecule has 9 heteroatoms. The van der Waals surface area contributed by atoms with Gasteiger partial charge in [-0.05, 0) is 24.3 Å². The van der Waals surface area contributed by atoms with Crippen molar-refractivity contribution < 1.29 is 9.53 Å². The predicted molar refractivity (Wildman–Crippen MR) is 109 cm³/mol. The number of hydrogen-bond donors (Lipinski definition) is 0. The first kappa shape index (κ1) is 17.9. The molecule has 3 aromatic rings. The molecule has 1 aliphatic heterocycles. The van der Waals surface area contributed by atoms with Crippen LogP contribution in [0.3, 0.4) is 0 Å². The summed E-state index contributed by atoms with van der Waals surface area (Å²) in [6.45, 7) is 2.72. The summed E-state index contributed by atoms with van der Waals surface area (Å²) < 4.78 is 7.34.